The van der Waals surface area contributed by atoms with E-state index in [1.54, 1.807) is 31.4 Å². The lowest BCUT2D eigenvalue weighted by Crippen LogP contribution is -2.30. The Kier molecular flexibility index (Phi) is 5.70. The summed E-state index contributed by atoms with van der Waals surface area (Å²) in [6, 6.07) is 14.8. The standard InChI is InChI=1S/C23H25N3O4/c1-15(2)22-24-21(25-30-22)16-4-10-19(11-5-16)29-20-12-13-26(14-20)23(27)17-6-8-18(28-3)9-7-17/h4-11,15,20H,12-14H2,1-3H3. The normalized spacial score (nSPS) is 16.1. The lowest BCUT2D eigenvalue weighted by molar-refractivity contribution is 0.0772. The monoisotopic (exact) mass is 407 g/mol. The molecule has 1 amide bonds. The molecule has 1 atom stereocenters. The predicted octanol–water partition coefficient (Wildman–Crippen LogP) is 4.16. The van der Waals surface area contributed by atoms with Crippen LogP contribution in [0, 0.1) is 0 Å². The number of carbonyl (C=O) groups is 1. The van der Waals surface area contributed by atoms with Gasteiger partial charge in [-0.1, -0.05) is 19.0 Å². The number of likely N-dealkylation sites (tertiary alicyclic amines) is 1. The SMILES string of the molecule is COc1ccc(C(=O)N2CCC(Oc3ccc(-c4noc(C(C)C)n4)cc3)C2)cc1. The summed E-state index contributed by atoms with van der Waals surface area (Å²) in [5.74, 6) is 2.89. The number of hydrogen-bond donors (Lipinski definition) is 0. The Morgan fingerprint density at radius 3 is 2.43 bits per heavy atom. The van der Waals surface area contributed by atoms with Crippen LogP contribution in [-0.4, -0.2) is 47.3 Å². The third-order valence-corrected chi connectivity index (χ3v) is 5.12. The van der Waals surface area contributed by atoms with E-state index in [0.717, 1.165) is 23.5 Å². The Morgan fingerprint density at radius 2 is 1.80 bits per heavy atom. The first-order valence-corrected chi connectivity index (χ1v) is 10.1. The third-order valence-electron chi connectivity index (χ3n) is 5.12. The van der Waals surface area contributed by atoms with Gasteiger partial charge < -0.3 is 18.9 Å². The molecule has 1 saturated heterocycles. The van der Waals surface area contributed by atoms with E-state index in [-0.39, 0.29) is 17.9 Å². The molecule has 156 valence electrons. The molecule has 4 rings (SSSR count). The van der Waals surface area contributed by atoms with E-state index in [2.05, 4.69) is 10.1 Å². The van der Waals surface area contributed by atoms with Crippen molar-refractivity contribution in [1.82, 2.24) is 15.0 Å². The van der Waals surface area contributed by atoms with Gasteiger partial charge in [0.15, 0.2) is 0 Å². The number of amides is 1. The van der Waals surface area contributed by atoms with Crippen molar-refractivity contribution in [3.8, 4) is 22.9 Å². The third kappa shape index (κ3) is 4.30. The molecule has 2 aromatic carbocycles. The highest BCUT2D eigenvalue weighted by atomic mass is 16.5. The summed E-state index contributed by atoms with van der Waals surface area (Å²) >= 11 is 0. The number of ether oxygens (including phenoxy) is 2. The van der Waals surface area contributed by atoms with Crippen LogP contribution in [0.3, 0.4) is 0 Å². The van der Waals surface area contributed by atoms with Gasteiger partial charge in [-0.05, 0) is 48.5 Å². The molecular formula is C23H25N3O4. The zero-order chi connectivity index (χ0) is 21.1. The van der Waals surface area contributed by atoms with Gasteiger partial charge in [0.1, 0.15) is 17.6 Å². The second kappa shape index (κ2) is 8.57. The first-order chi connectivity index (χ1) is 14.5. The maximum Gasteiger partial charge on any atom is 0.253 e. The molecule has 0 spiro atoms. The lowest BCUT2D eigenvalue weighted by atomic mass is 10.2. The van der Waals surface area contributed by atoms with Gasteiger partial charge in [0.05, 0.1) is 13.7 Å². The van der Waals surface area contributed by atoms with Gasteiger partial charge in [-0.2, -0.15) is 4.98 Å². The van der Waals surface area contributed by atoms with E-state index < -0.39 is 0 Å². The van der Waals surface area contributed by atoms with E-state index in [0.29, 0.717) is 30.4 Å². The molecule has 0 N–H and O–H groups in total. The van der Waals surface area contributed by atoms with Crippen molar-refractivity contribution in [3.05, 3.63) is 60.0 Å². The summed E-state index contributed by atoms with van der Waals surface area (Å²) in [5, 5.41) is 4.03. The molecule has 2 heterocycles. The summed E-state index contributed by atoms with van der Waals surface area (Å²) in [4.78, 5) is 18.9. The number of rotatable bonds is 6. The lowest BCUT2D eigenvalue weighted by Gasteiger charge is -2.17. The van der Waals surface area contributed by atoms with Crippen molar-refractivity contribution in [1.29, 1.82) is 0 Å². The molecule has 1 aliphatic rings. The molecule has 1 fully saturated rings. The Bertz CT molecular complexity index is 996. The molecule has 7 heteroatoms. The first kappa shape index (κ1) is 19.9. The second-order valence-corrected chi connectivity index (χ2v) is 7.64. The Labute approximate surface area is 175 Å². The van der Waals surface area contributed by atoms with Crippen LogP contribution in [0.5, 0.6) is 11.5 Å². The van der Waals surface area contributed by atoms with Gasteiger partial charge >= 0.3 is 0 Å². The van der Waals surface area contributed by atoms with Gasteiger partial charge in [-0.15, -0.1) is 0 Å². The van der Waals surface area contributed by atoms with Crippen molar-refractivity contribution in [2.75, 3.05) is 20.2 Å². The predicted molar refractivity (Wildman–Crippen MR) is 112 cm³/mol. The van der Waals surface area contributed by atoms with Crippen LogP contribution in [0.2, 0.25) is 0 Å². The van der Waals surface area contributed by atoms with Crippen LogP contribution in [0.4, 0.5) is 0 Å². The van der Waals surface area contributed by atoms with Crippen LogP contribution >= 0.6 is 0 Å². The fraction of sp³-hybridized carbons (Fsp3) is 0.348. The number of benzene rings is 2. The number of hydrogen-bond acceptors (Lipinski definition) is 6. The Morgan fingerprint density at radius 1 is 1.10 bits per heavy atom. The summed E-state index contributed by atoms with van der Waals surface area (Å²) in [7, 11) is 1.61. The summed E-state index contributed by atoms with van der Waals surface area (Å²) in [5.41, 5.74) is 1.53. The molecule has 3 aromatic rings. The second-order valence-electron chi connectivity index (χ2n) is 7.64. The van der Waals surface area contributed by atoms with E-state index >= 15 is 0 Å². The van der Waals surface area contributed by atoms with E-state index in [1.807, 2.05) is 43.0 Å². The van der Waals surface area contributed by atoms with E-state index in [1.165, 1.54) is 0 Å². The van der Waals surface area contributed by atoms with E-state index in [9.17, 15) is 4.79 Å². The topological polar surface area (TPSA) is 77.7 Å². The van der Waals surface area contributed by atoms with Gasteiger partial charge in [-0.25, -0.2) is 0 Å². The maximum absolute atomic E-state index is 12.7. The zero-order valence-electron chi connectivity index (χ0n) is 17.4. The number of aromatic nitrogens is 2. The highest BCUT2D eigenvalue weighted by Crippen LogP contribution is 2.25. The average molecular weight is 407 g/mol. The molecule has 0 aliphatic carbocycles. The number of nitrogens with zero attached hydrogens (tertiary/aromatic N) is 3. The molecule has 7 nitrogen and oxygen atoms in total. The molecule has 30 heavy (non-hydrogen) atoms. The van der Waals surface area contributed by atoms with Crippen molar-refractivity contribution in [2.45, 2.75) is 32.3 Å². The minimum absolute atomic E-state index is 0.0113. The summed E-state index contributed by atoms with van der Waals surface area (Å²) in [6.07, 6.45) is 0.766. The van der Waals surface area contributed by atoms with Gasteiger partial charge in [-0.3, -0.25) is 4.79 Å². The van der Waals surface area contributed by atoms with Crippen LogP contribution in [0.25, 0.3) is 11.4 Å². The van der Waals surface area contributed by atoms with Crippen molar-refractivity contribution >= 4 is 5.91 Å². The van der Waals surface area contributed by atoms with Gasteiger partial charge in [0.2, 0.25) is 11.7 Å². The largest absolute Gasteiger partial charge is 0.497 e. The Balaban J connectivity index is 1.35. The smallest absolute Gasteiger partial charge is 0.253 e. The van der Waals surface area contributed by atoms with Crippen molar-refractivity contribution < 1.29 is 18.8 Å². The fourth-order valence-electron chi connectivity index (χ4n) is 3.39. The van der Waals surface area contributed by atoms with Crippen molar-refractivity contribution in [2.24, 2.45) is 0 Å². The number of carbonyl (C=O) groups excluding carboxylic acids is 1. The highest BCUT2D eigenvalue weighted by molar-refractivity contribution is 5.94. The summed E-state index contributed by atoms with van der Waals surface area (Å²) < 4.78 is 16.5. The molecule has 0 radical (unpaired) electrons. The molecule has 1 aliphatic heterocycles. The molecular weight excluding hydrogens is 382 g/mol. The minimum Gasteiger partial charge on any atom is -0.497 e. The highest BCUT2D eigenvalue weighted by Gasteiger charge is 2.28. The molecule has 1 unspecified atom stereocenters. The maximum atomic E-state index is 12.7. The molecule has 0 bridgehead atoms. The fourth-order valence-corrected chi connectivity index (χ4v) is 3.39. The quantitative estimate of drug-likeness (QED) is 0.611. The number of methoxy groups -OCH3 is 1. The van der Waals surface area contributed by atoms with Crippen LogP contribution < -0.4 is 9.47 Å². The zero-order valence-corrected chi connectivity index (χ0v) is 17.4. The van der Waals surface area contributed by atoms with Gasteiger partial charge in [0.25, 0.3) is 5.91 Å². The molecule has 0 saturated carbocycles. The first-order valence-electron chi connectivity index (χ1n) is 10.1. The molecule has 1 aromatic heterocycles. The van der Waals surface area contributed by atoms with Crippen LogP contribution in [-0.2, 0) is 0 Å². The van der Waals surface area contributed by atoms with Gasteiger partial charge in [0, 0.05) is 30.0 Å². The van der Waals surface area contributed by atoms with Crippen LogP contribution in [0.1, 0.15) is 42.4 Å². The van der Waals surface area contributed by atoms with Crippen molar-refractivity contribution in [3.63, 3.8) is 0 Å². The van der Waals surface area contributed by atoms with Crippen LogP contribution in [0.15, 0.2) is 53.1 Å². The summed E-state index contributed by atoms with van der Waals surface area (Å²) in [6.45, 7) is 5.26. The minimum atomic E-state index is -0.0317. The van der Waals surface area contributed by atoms with E-state index in [4.69, 9.17) is 14.0 Å². The average Bonchev–Trinajstić information content (AvgIpc) is 3.44. The Hall–Kier alpha value is -3.35.